The van der Waals surface area contributed by atoms with Crippen LogP contribution in [0.2, 0.25) is 0 Å². The fourth-order valence-electron chi connectivity index (χ4n) is 1.61. The van der Waals surface area contributed by atoms with Gasteiger partial charge in [0, 0.05) is 17.3 Å². The van der Waals surface area contributed by atoms with Crippen molar-refractivity contribution in [1.82, 2.24) is 4.98 Å². The zero-order chi connectivity index (χ0) is 14.8. The lowest BCUT2D eigenvalue weighted by atomic mass is 10.1. The van der Waals surface area contributed by atoms with E-state index in [0.29, 0.717) is 11.1 Å². The summed E-state index contributed by atoms with van der Waals surface area (Å²) >= 11 is 0. The standard InChI is InChI=1S/C13H9F4NO2/c14-12-10(7-19)5-9(6-18-12)8-1-3-11(4-2-8)20-13(15,16)17/h1-6,19H,7H2. The number of ether oxygens (including phenoxy) is 1. The smallest absolute Gasteiger partial charge is 0.406 e. The molecule has 0 aliphatic rings. The van der Waals surface area contributed by atoms with Gasteiger partial charge in [0.05, 0.1) is 6.61 Å². The van der Waals surface area contributed by atoms with Crippen molar-refractivity contribution in [2.24, 2.45) is 0 Å². The van der Waals surface area contributed by atoms with E-state index < -0.39 is 18.9 Å². The lowest BCUT2D eigenvalue weighted by Gasteiger charge is -2.09. The van der Waals surface area contributed by atoms with Crippen LogP contribution in [0.25, 0.3) is 11.1 Å². The highest BCUT2D eigenvalue weighted by Crippen LogP contribution is 2.26. The van der Waals surface area contributed by atoms with Gasteiger partial charge >= 0.3 is 6.36 Å². The molecular formula is C13H9F4NO2. The van der Waals surface area contributed by atoms with E-state index in [1.165, 1.54) is 24.4 Å². The van der Waals surface area contributed by atoms with E-state index in [2.05, 4.69) is 9.72 Å². The number of pyridine rings is 1. The van der Waals surface area contributed by atoms with Gasteiger partial charge in [-0.2, -0.15) is 4.39 Å². The summed E-state index contributed by atoms with van der Waals surface area (Å²) in [7, 11) is 0. The highest BCUT2D eigenvalue weighted by atomic mass is 19.4. The molecule has 0 fully saturated rings. The van der Waals surface area contributed by atoms with E-state index in [-0.39, 0.29) is 11.3 Å². The van der Waals surface area contributed by atoms with Crippen molar-refractivity contribution in [1.29, 1.82) is 0 Å². The molecule has 0 atom stereocenters. The Morgan fingerprint density at radius 1 is 1.10 bits per heavy atom. The van der Waals surface area contributed by atoms with E-state index in [0.717, 1.165) is 12.1 Å². The third-order valence-corrected chi connectivity index (χ3v) is 2.50. The molecule has 1 aromatic carbocycles. The zero-order valence-electron chi connectivity index (χ0n) is 9.99. The molecule has 1 aromatic heterocycles. The summed E-state index contributed by atoms with van der Waals surface area (Å²) in [5.74, 6) is -1.13. The molecule has 0 spiro atoms. The second-order valence-electron chi connectivity index (χ2n) is 3.90. The van der Waals surface area contributed by atoms with Gasteiger partial charge in [-0.15, -0.1) is 13.2 Å². The number of nitrogens with zero attached hydrogens (tertiary/aromatic N) is 1. The summed E-state index contributed by atoms with van der Waals surface area (Å²) in [6.45, 7) is -0.512. The Balaban J connectivity index is 2.26. The molecule has 0 unspecified atom stereocenters. The van der Waals surface area contributed by atoms with Gasteiger partial charge in [0.2, 0.25) is 5.95 Å². The van der Waals surface area contributed by atoms with Crippen LogP contribution >= 0.6 is 0 Å². The Labute approximate surface area is 111 Å². The minimum Gasteiger partial charge on any atom is -0.406 e. The molecule has 0 amide bonds. The average Bonchev–Trinajstić information content (AvgIpc) is 2.38. The number of hydrogen-bond donors (Lipinski definition) is 1. The molecule has 1 N–H and O–H groups in total. The summed E-state index contributed by atoms with van der Waals surface area (Å²) in [6.07, 6.45) is -3.52. The van der Waals surface area contributed by atoms with Crippen molar-refractivity contribution in [2.45, 2.75) is 13.0 Å². The van der Waals surface area contributed by atoms with Crippen molar-refractivity contribution in [3.8, 4) is 16.9 Å². The van der Waals surface area contributed by atoms with Crippen molar-refractivity contribution in [2.75, 3.05) is 0 Å². The van der Waals surface area contributed by atoms with Gasteiger partial charge in [-0.25, -0.2) is 4.98 Å². The predicted octanol–water partition coefficient (Wildman–Crippen LogP) is 3.28. The van der Waals surface area contributed by atoms with Crippen LogP contribution < -0.4 is 4.74 Å². The fourth-order valence-corrected chi connectivity index (χ4v) is 1.61. The number of aliphatic hydroxyl groups is 1. The van der Waals surface area contributed by atoms with Crippen LogP contribution in [0, 0.1) is 5.95 Å². The van der Waals surface area contributed by atoms with E-state index in [1.54, 1.807) is 0 Å². The number of alkyl halides is 3. The summed E-state index contributed by atoms with van der Waals surface area (Å²) in [6, 6.07) is 6.44. The number of hydrogen-bond acceptors (Lipinski definition) is 3. The van der Waals surface area contributed by atoms with Gasteiger partial charge in [0.15, 0.2) is 0 Å². The van der Waals surface area contributed by atoms with Crippen LogP contribution in [-0.4, -0.2) is 16.5 Å². The lowest BCUT2D eigenvalue weighted by molar-refractivity contribution is -0.274. The summed E-state index contributed by atoms with van der Waals surface area (Å²) in [4.78, 5) is 3.47. The van der Waals surface area contributed by atoms with Gasteiger partial charge in [0.1, 0.15) is 5.75 Å². The minimum absolute atomic E-state index is 0.0121. The van der Waals surface area contributed by atoms with E-state index in [4.69, 9.17) is 5.11 Å². The number of rotatable bonds is 3. The molecule has 0 aliphatic heterocycles. The van der Waals surface area contributed by atoms with E-state index in [1.807, 2.05) is 0 Å². The van der Waals surface area contributed by atoms with Gasteiger partial charge in [-0.05, 0) is 23.8 Å². The average molecular weight is 287 g/mol. The number of aliphatic hydroxyl groups excluding tert-OH is 1. The first kappa shape index (κ1) is 14.3. The van der Waals surface area contributed by atoms with Crippen LogP contribution in [0.1, 0.15) is 5.56 Å². The molecular weight excluding hydrogens is 278 g/mol. The normalized spacial score (nSPS) is 11.4. The zero-order valence-corrected chi connectivity index (χ0v) is 9.99. The minimum atomic E-state index is -4.75. The first-order chi connectivity index (χ1) is 9.39. The third-order valence-electron chi connectivity index (χ3n) is 2.50. The quantitative estimate of drug-likeness (QED) is 0.696. The molecule has 0 radical (unpaired) electrons. The Bertz CT molecular complexity index is 596. The van der Waals surface area contributed by atoms with E-state index >= 15 is 0 Å². The maximum atomic E-state index is 13.1. The van der Waals surface area contributed by atoms with Crippen LogP contribution in [0.15, 0.2) is 36.5 Å². The summed E-state index contributed by atoms with van der Waals surface area (Å²) < 4.78 is 52.9. The van der Waals surface area contributed by atoms with Crippen LogP contribution in [-0.2, 0) is 6.61 Å². The SMILES string of the molecule is OCc1cc(-c2ccc(OC(F)(F)F)cc2)cnc1F. The maximum Gasteiger partial charge on any atom is 0.573 e. The Morgan fingerprint density at radius 3 is 2.30 bits per heavy atom. The van der Waals surface area contributed by atoms with Gasteiger partial charge in [-0.3, -0.25) is 0 Å². The first-order valence-corrected chi connectivity index (χ1v) is 5.50. The van der Waals surface area contributed by atoms with Crippen molar-refractivity contribution < 1.29 is 27.4 Å². The Hall–Kier alpha value is -2.15. The first-order valence-electron chi connectivity index (χ1n) is 5.50. The Morgan fingerprint density at radius 2 is 1.75 bits per heavy atom. The molecule has 0 bridgehead atoms. The molecule has 0 saturated heterocycles. The monoisotopic (exact) mass is 287 g/mol. The second-order valence-corrected chi connectivity index (χ2v) is 3.90. The molecule has 106 valence electrons. The van der Waals surface area contributed by atoms with Crippen LogP contribution in [0.5, 0.6) is 5.75 Å². The largest absolute Gasteiger partial charge is 0.573 e. The van der Waals surface area contributed by atoms with Crippen molar-refractivity contribution >= 4 is 0 Å². The predicted molar refractivity (Wildman–Crippen MR) is 62.2 cm³/mol. The molecule has 2 aromatic rings. The Kier molecular flexibility index (Phi) is 3.89. The number of benzene rings is 1. The molecule has 1 heterocycles. The van der Waals surface area contributed by atoms with Gasteiger partial charge in [-0.1, -0.05) is 12.1 Å². The van der Waals surface area contributed by atoms with Crippen LogP contribution in [0.4, 0.5) is 17.6 Å². The topological polar surface area (TPSA) is 42.4 Å². The van der Waals surface area contributed by atoms with Crippen molar-refractivity contribution in [3.63, 3.8) is 0 Å². The molecule has 0 aliphatic carbocycles. The van der Waals surface area contributed by atoms with Crippen LogP contribution in [0.3, 0.4) is 0 Å². The summed E-state index contributed by atoms with van der Waals surface area (Å²) in [5.41, 5.74) is 1.02. The molecule has 0 saturated carbocycles. The second kappa shape index (κ2) is 5.46. The summed E-state index contributed by atoms with van der Waals surface area (Å²) in [5, 5.41) is 8.94. The fraction of sp³-hybridized carbons (Fsp3) is 0.154. The maximum absolute atomic E-state index is 13.1. The van der Waals surface area contributed by atoms with Crippen molar-refractivity contribution in [3.05, 3.63) is 48.0 Å². The molecule has 20 heavy (non-hydrogen) atoms. The highest BCUT2D eigenvalue weighted by molar-refractivity contribution is 5.63. The molecule has 3 nitrogen and oxygen atoms in total. The lowest BCUT2D eigenvalue weighted by Crippen LogP contribution is -2.16. The third kappa shape index (κ3) is 3.45. The molecule has 2 rings (SSSR count). The molecule has 7 heteroatoms. The number of halogens is 4. The van der Waals surface area contributed by atoms with Gasteiger partial charge < -0.3 is 9.84 Å². The van der Waals surface area contributed by atoms with E-state index in [9.17, 15) is 17.6 Å². The van der Waals surface area contributed by atoms with Gasteiger partial charge in [0.25, 0.3) is 0 Å². The number of aromatic nitrogens is 1. The highest BCUT2D eigenvalue weighted by Gasteiger charge is 2.30.